The zero-order chi connectivity index (χ0) is 17.6. The van der Waals surface area contributed by atoms with E-state index < -0.39 is 0 Å². The van der Waals surface area contributed by atoms with Gasteiger partial charge in [-0.15, -0.1) is 0 Å². The summed E-state index contributed by atoms with van der Waals surface area (Å²) >= 11 is 0. The molecule has 0 N–H and O–H groups in total. The van der Waals surface area contributed by atoms with Gasteiger partial charge in [0.1, 0.15) is 6.04 Å². The van der Waals surface area contributed by atoms with E-state index in [1.165, 1.54) is 5.56 Å². The highest BCUT2D eigenvalue weighted by Gasteiger charge is 2.27. The normalized spacial score (nSPS) is 16.2. The Bertz CT molecular complexity index is 744. The van der Waals surface area contributed by atoms with Crippen molar-refractivity contribution in [3.63, 3.8) is 0 Å². The number of hydrogen-bond acceptors (Lipinski definition) is 4. The largest absolute Gasteiger partial charge is 0.336 e. The number of nitriles is 1. The summed E-state index contributed by atoms with van der Waals surface area (Å²) in [4.78, 5) is 20.5. The minimum absolute atomic E-state index is 0.00792. The molecule has 5 nitrogen and oxygen atoms in total. The Labute approximate surface area is 148 Å². The molecular formula is C20H22N4O. The highest BCUT2D eigenvalue weighted by Crippen LogP contribution is 2.22. The Morgan fingerprint density at radius 2 is 1.92 bits per heavy atom. The van der Waals surface area contributed by atoms with Gasteiger partial charge in [-0.05, 0) is 29.7 Å². The molecule has 0 saturated carbocycles. The fourth-order valence-corrected chi connectivity index (χ4v) is 3.16. The molecule has 1 atom stereocenters. The number of piperazine rings is 1. The second-order valence-electron chi connectivity index (χ2n) is 6.20. The summed E-state index contributed by atoms with van der Waals surface area (Å²) in [5.41, 5.74) is 2.90. The molecule has 1 aliphatic rings. The third-order valence-corrected chi connectivity index (χ3v) is 4.70. The molecule has 2 aromatic rings. The molecule has 1 fully saturated rings. The van der Waals surface area contributed by atoms with Crippen LogP contribution in [0.25, 0.3) is 0 Å². The summed E-state index contributed by atoms with van der Waals surface area (Å²) < 4.78 is 0. The number of hydrogen-bond donors (Lipinski definition) is 0. The smallest absolute Gasteiger partial charge is 0.255 e. The Hall–Kier alpha value is -2.71. The molecule has 0 aliphatic carbocycles. The first-order valence-corrected chi connectivity index (χ1v) is 8.64. The van der Waals surface area contributed by atoms with E-state index in [4.69, 9.17) is 0 Å². The van der Waals surface area contributed by atoms with Gasteiger partial charge in [-0.25, -0.2) is 0 Å². The first-order chi connectivity index (χ1) is 12.2. The van der Waals surface area contributed by atoms with Crippen LogP contribution < -0.4 is 0 Å². The third kappa shape index (κ3) is 3.86. The molecule has 0 spiro atoms. The van der Waals surface area contributed by atoms with Crippen molar-refractivity contribution >= 4 is 5.91 Å². The SMILES string of the molecule is CCc1ccc(C(C#N)N2CCN(C(=O)c3cccnc3)CC2)cc1. The molecule has 1 aromatic heterocycles. The molecule has 0 bridgehead atoms. The Balaban J connectivity index is 1.64. The van der Waals surface area contributed by atoms with E-state index >= 15 is 0 Å². The number of carbonyl (C=O) groups excluding carboxylic acids is 1. The lowest BCUT2D eigenvalue weighted by atomic mass is 10.0. The first-order valence-electron chi connectivity index (χ1n) is 8.64. The lowest BCUT2D eigenvalue weighted by Gasteiger charge is -2.37. The molecule has 1 aliphatic heterocycles. The fourth-order valence-electron chi connectivity index (χ4n) is 3.16. The number of aromatic nitrogens is 1. The van der Waals surface area contributed by atoms with Gasteiger partial charge in [-0.1, -0.05) is 31.2 Å². The maximum Gasteiger partial charge on any atom is 0.255 e. The Morgan fingerprint density at radius 1 is 1.20 bits per heavy atom. The first kappa shape index (κ1) is 17.1. The van der Waals surface area contributed by atoms with Crippen molar-refractivity contribution in [2.45, 2.75) is 19.4 Å². The lowest BCUT2D eigenvalue weighted by Crippen LogP contribution is -2.49. The highest BCUT2D eigenvalue weighted by atomic mass is 16.2. The average Bonchev–Trinajstić information content (AvgIpc) is 2.70. The summed E-state index contributed by atoms with van der Waals surface area (Å²) in [6.45, 7) is 4.76. The number of aryl methyl sites for hydroxylation is 1. The van der Waals surface area contributed by atoms with E-state index in [0.29, 0.717) is 31.7 Å². The summed E-state index contributed by atoms with van der Waals surface area (Å²) in [6.07, 6.45) is 4.25. The van der Waals surface area contributed by atoms with Crippen LogP contribution >= 0.6 is 0 Å². The monoisotopic (exact) mass is 334 g/mol. The van der Waals surface area contributed by atoms with Crippen molar-refractivity contribution in [3.8, 4) is 6.07 Å². The number of rotatable bonds is 4. The van der Waals surface area contributed by atoms with Gasteiger partial charge < -0.3 is 4.90 Å². The number of amides is 1. The van der Waals surface area contributed by atoms with Gasteiger partial charge in [0.05, 0.1) is 11.6 Å². The van der Waals surface area contributed by atoms with Gasteiger partial charge >= 0.3 is 0 Å². The van der Waals surface area contributed by atoms with E-state index in [1.807, 2.05) is 17.0 Å². The highest BCUT2D eigenvalue weighted by molar-refractivity contribution is 5.93. The van der Waals surface area contributed by atoms with E-state index in [9.17, 15) is 10.1 Å². The van der Waals surface area contributed by atoms with Crippen LogP contribution in [-0.4, -0.2) is 46.9 Å². The van der Waals surface area contributed by atoms with Crippen molar-refractivity contribution in [2.75, 3.05) is 26.2 Å². The summed E-state index contributed by atoms with van der Waals surface area (Å²) in [7, 11) is 0. The number of nitrogens with zero attached hydrogens (tertiary/aromatic N) is 4. The molecular weight excluding hydrogens is 312 g/mol. The van der Waals surface area contributed by atoms with Crippen LogP contribution in [-0.2, 0) is 6.42 Å². The molecule has 1 unspecified atom stereocenters. The average molecular weight is 334 g/mol. The van der Waals surface area contributed by atoms with Crippen LogP contribution in [0.5, 0.6) is 0 Å². The predicted octanol–water partition coefficient (Wildman–Crippen LogP) is 2.67. The van der Waals surface area contributed by atoms with Crippen molar-refractivity contribution in [2.24, 2.45) is 0 Å². The maximum atomic E-state index is 12.5. The molecule has 1 aromatic carbocycles. The molecule has 3 rings (SSSR count). The van der Waals surface area contributed by atoms with Gasteiger partial charge in [0, 0.05) is 38.6 Å². The quantitative estimate of drug-likeness (QED) is 0.862. The van der Waals surface area contributed by atoms with Gasteiger partial charge in [-0.3, -0.25) is 14.7 Å². The molecule has 1 amide bonds. The minimum atomic E-state index is -0.262. The predicted molar refractivity (Wildman–Crippen MR) is 95.9 cm³/mol. The Morgan fingerprint density at radius 3 is 2.48 bits per heavy atom. The second-order valence-corrected chi connectivity index (χ2v) is 6.20. The number of benzene rings is 1. The summed E-state index contributed by atoms with van der Waals surface area (Å²) in [5, 5.41) is 9.63. The molecule has 1 saturated heterocycles. The summed E-state index contributed by atoms with van der Waals surface area (Å²) in [6, 6.07) is 14.0. The van der Waals surface area contributed by atoms with Crippen LogP contribution in [0.2, 0.25) is 0 Å². The van der Waals surface area contributed by atoms with E-state index in [0.717, 1.165) is 12.0 Å². The van der Waals surface area contributed by atoms with Crippen molar-refractivity contribution < 1.29 is 4.79 Å². The zero-order valence-corrected chi connectivity index (χ0v) is 14.4. The third-order valence-electron chi connectivity index (χ3n) is 4.70. The zero-order valence-electron chi connectivity index (χ0n) is 14.4. The fraction of sp³-hybridized carbons (Fsp3) is 0.350. The molecule has 25 heavy (non-hydrogen) atoms. The van der Waals surface area contributed by atoms with Crippen LogP contribution in [0.4, 0.5) is 0 Å². The molecule has 2 heterocycles. The maximum absolute atomic E-state index is 12.5. The molecule has 5 heteroatoms. The summed E-state index contributed by atoms with van der Waals surface area (Å²) in [5.74, 6) is 0.00792. The second kappa shape index (κ2) is 7.91. The van der Waals surface area contributed by atoms with E-state index in [2.05, 4.69) is 35.0 Å². The number of carbonyl (C=O) groups is 1. The lowest BCUT2D eigenvalue weighted by molar-refractivity contribution is 0.0606. The van der Waals surface area contributed by atoms with Crippen molar-refractivity contribution in [1.82, 2.24) is 14.8 Å². The standard InChI is InChI=1S/C20H22N4O/c1-2-16-5-7-17(8-6-16)19(14-21)23-10-12-24(13-11-23)20(25)18-4-3-9-22-15-18/h3-9,15,19H,2,10-13H2,1H3. The van der Waals surface area contributed by atoms with Crippen LogP contribution in [0.15, 0.2) is 48.8 Å². The molecule has 128 valence electrons. The van der Waals surface area contributed by atoms with Crippen molar-refractivity contribution in [1.29, 1.82) is 5.26 Å². The number of pyridine rings is 1. The van der Waals surface area contributed by atoms with Gasteiger partial charge in [0.25, 0.3) is 5.91 Å². The minimum Gasteiger partial charge on any atom is -0.336 e. The van der Waals surface area contributed by atoms with Crippen LogP contribution in [0.3, 0.4) is 0 Å². The Kier molecular flexibility index (Phi) is 5.42. The van der Waals surface area contributed by atoms with Gasteiger partial charge in [0.15, 0.2) is 0 Å². The topological polar surface area (TPSA) is 60.2 Å². The molecule has 0 radical (unpaired) electrons. The van der Waals surface area contributed by atoms with Crippen molar-refractivity contribution in [3.05, 3.63) is 65.5 Å². The van der Waals surface area contributed by atoms with E-state index in [-0.39, 0.29) is 11.9 Å². The van der Waals surface area contributed by atoms with Gasteiger partial charge in [-0.2, -0.15) is 5.26 Å². The van der Waals surface area contributed by atoms with Crippen LogP contribution in [0.1, 0.15) is 34.5 Å². The van der Waals surface area contributed by atoms with Crippen LogP contribution in [0, 0.1) is 11.3 Å². The van der Waals surface area contributed by atoms with E-state index in [1.54, 1.807) is 24.5 Å². The van der Waals surface area contributed by atoms with Gasteiger partial charge in [0.2, 0.25) is 0 Å².